The number of thiazole rings is 1. The van der Waals surface area contributed by atoms with E-state index >= 15 is 0 Å². The van der Waals surface area contributed by atoms with Gasteiger partial charge < -0.3 is 4.57 Å². The van der Waals surface area contributed by atoms with E-state index in [1.165, 1.54) is 16.9 Å². The van der Waals surface area contributed by atoms with E-state index in [-0.39, 0.29) is 6.54 Å². The fraction of sp³-hybridized carbons (Fsp3) is 0.200. The number of aromatic nitrogens is 1. The van der Waals surface area contributed by atoms with Gasteiger partial charge in [0.1, 0.15) is 6.54 Å². The third-order valence-corrected chi connectivity index (χ3v) is 5.77. The standard InChI is InChI=1S/C20H17N3O3S/c1-3-12-8-9-15-16(10-12)27-20(22(15)2)21-17(24)11-23-18(25)13-6-4-5-7-14(13)19(23)26/h4-10H,3,11H2,1-2H3. The van der Waals surface area contributed by atoms with Gasteiger partial charge in [0.25, 0.3) is 17.7 Å². The van der Waals surface area contributed by atoms with Gasteiger partial charge >= 0.3 is 0 Å². The van der Waals surface area contributed by atoms with E-state index in [1.807, 2.05) is 17.7 Å². The summed E-state index contributed by atoms with van der Waals surface area (Å²) in [6, 6.07) is 12.7. The van der Waals surface area contributed by atoms with Gasteiger partial charge in [-0.15, -0.1) is 0 Å². The smallest absolute Gasteiger partial charge is 0.268 e. The second kappa shape index (κ2) is 6.59. The molecule has 0 radical (unpaired) electrons. The molecule has 1 aliphatic rings. The molecule has 1 aromatic heterocycles. The summed E-state index contributed by atoms with van der Waals surface area (Å²) in [4.78, 5) is 42.8. The number of imide groups is 1. The molecule has 0 saturated heterocycles. The van der Waals surface area contributed by atoms with Gasteiger partial charge in [0.05, 0.1) is 21.3 Å². The van der Waals surface area contributed by atoms with Crippen LogP contribution in [0.25, 0.3) is 10.2 Å². The Morgan fingerprint density at radius 3 is 2.37 bits per heavy atom. The normalized spacial score (nSPS) is 14.3. The van der Waals surface area contributed by atoms with Gasteiger partial charge in [-0.25, -0.2) is 0 Å². The molecule has 6 nitrogen and oxygen atoms in total. The maximum Gasteiger partial charge on any atom is 0.268 e. The lowest BCUT2D eigenvalue weighted by Gasteiger charge is -2.10. The van der Waals surface area contributed by atoms with E-state index in [0.29, 0.717) is 15.9 Å². The summed E-state index contributed by atoms with van der Waals surface area (Å²) in [5.74, 6) is -1.43. The zero-order chi connectivity index (χ0) is 19.1. The molecular weight excluding hydrogens is 362 g/mol. The Balaban J connectivity index is 1.63. The van der Waals surface area contributed by atoms with E-state index in [4.69, 9.17) is 0 Å². The van der Waals surface area contributed by atoms with Crippen molar-refractivity contribution in [1.82, 2.24) is 9.47 Å². The fourth-order valence-electron chi connectivity index (χ4n) is 3.17. The van der Waals surface area contributed by atoms with Gasteiger partial charge in [-0.3, -0.25) is 19.3 Å². The van der Waals surface area contributed by atoms with Gasteiger partial charge in [-0.1, -0.05) is 36.5 Å². The Labute approximate surface area is 159 Å². The zero-order valence-electron chi connectivity index (χ0n) is 14.9. The molecule has 3 amide bonds. The highest BCUT2D eigenvalue weighted by atomic mass is 32.1. The average Bonchev–Trinajstić information content (AvgIpc) is 3.11. The lowest BCUT2D eigenvalue weighted by molar-refractivity contribution is -0.118. The second-order valence-corrected chi connectivity index (χ2v) is 7.36. The van der Waals surface area contributed by atoms with E-state index in [1.54, 1.807) is 24.3 Å². The number of rotatable bonds is 3. The molecule has 0 unspecified atom stereocenters. The van der Waals surface area contributed by atoms with Crippen molar-refractivity contribution < 1.29 is 14.4 Å². The molecule has 0 atom stereocenters. The highest BCUT2D eigenvalue weighted by Crippen LogP contribution is 2.22. The first-order valence-corrected chi connectivity index (χ1v) is 9.42. The molecular formula is C20H17N3O3S. The first-order valence-electron chi connectivity index (χ1n) is 8.61. The van der Waals surface area contributed by atoms with Gasteiger partial charge in [-0.2, -0.15) is 4.99 Å². The Morgan fingerprint density at radius 2 is 1.74 bits per heavy atom. The molecule has 0 fully saturated rings. The lowest BCUT2D eigenvalue weighted by Crippen LogP contribution is -2.35. The van der Waals surface area contributed by atoms with Gasteiger partial charge in [0.15, 0.2) is 4.80 Å². The SMILES string of the molecule is CCc1ccc2c(c1)sc(=NC(=O)CN1C(=O)c3ccccc3C1=O)n2C. The number of aryl methyl sites for hydroxylation is 2. The predicted octanol–water partition coefficient (Wildman–Crippen LogP) is 2.53. The average molecular weight is 379 g/mol. The molecule has 0 spiro atoms. The number of fused-ring (bicyclic) bond motifs is 2. The van der Waals surface area contributed by atoms with Crippen LogP contribution in [0, 0.1) is 0 Å². The summed E-state index contributed by atoms with van der Waals surface area (Å²) in [7, 11) is 1.85. The number of carbonyl (C=O) groups is 3. The molecule has 2 heterocycles. The molecule has 3 aromatic rings. The summed E-state index contributed by atoms with van der Waals surface area (Å²) >= 11 is 1.42. The van der Waals surface area contributed by atoms with E-state index in [2.05, 4.69) is 24.0 Å². The van der Waals surface area contributed by atoms with Crippen LogP contribution in [0.4, 0.5) is 0 Å². The maximum atomic E-state index is 12.4. The Hall–Kier alpha value is -3.06. The van der Waals surface area contributed by atoms with Crippen molar-refractivity contribution in [3.05, 3.63) is 64.0 Å². The van der Waals surface area contributed by atoms with Crippen molar-refractivity contribution in [1.29, 1.82) is 0 Å². The minimum Gasteiger partial charge on any atom is -0.319 e. The van der Waals surface area contributed by atoms with Crippen molar-refractivity contribution >= 4 is 39.3 Å². The summed E-state index contributed by atoms with van der Waals surface area (Å²) in [5.41, 5.74) is 2.86. The molecule has 0 bridgehead atoms. The Kier molecular flexibility index (Phi) is 4.24. The number of nitrogens with zero attached hydrogens (tertiary/aromatic N) is 3. The first kappa shape index (κ1) is 17.4. The molecule has 2 aromatic carbocycles. The van der Waals surface area contributed by atoms with Gasteiger partial charge in [0, 0.05) is 7.05 Å². The van der Waals surface area contributed by atoms with Crippen molar-refractivity contribution in [3.63, 3.8) is 0 Å². The van der Waals surface area contributed by atoms with Crippen molar-refractivity contribution in [2.24, 2.45) is 12.0 Å². The van der Waals surface area contributed by atoms with Crippen LogP contribution in [0.15, 0.2) is 47.5 Å². The Morgan fingerprint density at radius 1 is 1.07 bits per heavy atom. The van der Waals surface area contributed by atoms with Crippen LogP contribution < -0.4 is 4.80 Å². The van der Waals surface area contributed by atoms with Crippen molar-refractivity contribution in [2.45, 2.75) is 13.3 Å². The quantitative estimate of drug-likeness (QED) is 0.657. The largest absolute Gasteiger partial charge is 0.319 e. The third-order valence-electron chi connectivity index (χ3n) is 4.67. The van der Waals surface area contributed by atoms with Crippen molar-refractivity contribution in [2.75, 3.05) is 6.54 Å². The van der Waals surface area contributed by atoms with Crippen LogP contribution in [0.5, 0.6) is 0 Å². The van der Waals surface area contributed by atoms with Crippen LogP contribution in [0.2, 0.25) is 0 Å². The van der Waals surface area contributed by atoms with E-state index in [0.717, 1.165) is 21.5 Å². The van der Waals surface area contributed by atoms with Crippen LogP contribution >= 0.6 is 11.3 Å². The van der Waals surface area contributed by atoms with Crippen LogP contribution in [0.1, 0.15) is 33.2 Å². The molecule has 7 heteroatoms. The molecule has 0 aliphatic carbocycles. The number of carbonyl (C=O) groups excluding carboxylic acids is 3. The monoisotopic (exact) mass is 379 g/mol. The van der Waals surface area contributed by atoms with Gasteiger partial charge in [0.2, 0.25) is 0 Å². The first-order chi connectivity index (χ1) is 13.0. The third kappa shape index (κ3) is 2.90. The molecule has 27 heavy (non-hydrogen) atoms. The van der Waals surface area contributed by atoms with E-state index in [9.17, 15) is 14.4 Å². The minimum atomic E-state index is -0.526. The van der Waals surface area contributed by atoms with Crippen molar-refractivity contribution in [3.8, 4) is 0 Å². The van der Waals surface area contributed by atoms with Crippen LogP contribution in [0.3, 0.4) is 0 Å². The van der Waals surface area contributed by atoms with Crippen LogP contribution in [-0.4, -0.2) is 33.7 Å². The predicted molar refractivity (Wildman–Crippen MR) is 103 cm³/mol. The lowest BCUT2D eigenvalue weighted by atomic mass is 10.1. The molecule has 4 rings (SSSR count). The second-order valence-electron chi connectivity index (χ2n) is 6.35. The summed E-state index contributed by atoms with van der Waals surface area (Å²) in [6.45, 7) is 1.73. The highest BCUT2D eigenvalue weighted by molar-refractivity contribution is 7.16. The fourth-order valence-corrected chi connectivity index (χ4v) is 4.26. The van der Waals surface area contributed by atoms with Gasteiger partial charge in [-0.05, 0) is 36.2 Å². The summed E-state index contributed by atoms with van der Waals surface area (Å²) in [5, 5.41) is 0. The topological polar surface area (TPSA) is 71.7 Å². The van der Waals surface area contributed by atoms with E-state index < -0.39 is 17.7 Å². The molecule has 0 saturated carbocycles. The number of hydrogen-bond acceptors (Lipinski definition) is 4. The summed E-state index contributed by atoms with van der Waals surface area (Å²) < 4.78 is 2.89. The Bertz CT molecular complexity index is 1140. The number of benzene rings is 2. The molecule has 1 aliphatic heterocycles. The summed E-state index contributed by atoms with van der Waals surface area (Å²) in [6.07, 6.45) is 0.933. The number of amides is 3. The zero-order valence-corrected chi connectivity index (χ0v) is 15.7. The van der Waals surface area contributed by atoms with Crippen LogP contribution in [-0.2, 0) is 18.3 Å². The molecule has 136 valence electrons. The minimum absolute atomic E-state index is 0.329. The highest BCUT2D eigenvalue weighted by Gasteiger charge is 2.36. The molecule has 0 N–H and O–H groups in total. The maximum absolute atomic E-state index is 12.4. The number of hydrogen-bond donors (Lipinski definition) is 0.